The monoisotopic (exact) mass is 268 g/mol. The van der Waals surface area contributed by atoms with E-state index >= 15 is 0 Å². The van der Waals surface area contributed by atoms with Crippen LogP contribution in [0.25, 0.3) is 0 Å². The van der Waals surface area contributed by atoms with E-state index in [0.29, 0.717) is 19.8 Å². The van der Waals surface area contributed by atoms with E-state index in [9.17, 15) is 0 Å². The van der Waals surface area contributed by atoms with Crippen LogP contribution in [-0.2, 0) is 10.1 Å². The molecule has 1 aromatic carbocycles. The van der Waals surface area contributed by atoms with Gasteiger partial charge in [-0.1, -0.05) is 34.0 Å². The van der Waals surface area contributed by atoms with Gasteiger partial charge >= 0.3 is 0 Å². The van der Waals surface area contributed by atoms with Crippen LogP contribution < -0.4 is 4.74 Å². The Morgan fingerprint density at radius 3 is 2.53 bits per heavy atom. The quantitative estimate of drug-likeness (QED) is 0.449. The molecule has 0 unspecified atom stereocenters. The zero-order valence-corrected chi connectivity index (χ0v) is 10.00. The van der Waals surface area contributed by atoms with Gasteiger partial charge in [-0.05, 0) is 17.7 Å². The lowest BCUT2D eigenvalue weighted by molar-refractivity contribution is 0.124. The third kappa shape index (κ3) is 4.87. The molecule has 80 valence electrons. The van der Waals surface area contributed by atoms with Crippen molar-refractivity contribution in [2.75, 3.05) is 19.8 Å². The molecule has 0 atom stereocenters. The maximum absolute atomic E-state index is 5.44. The summed E-state index contributed by atoms with van der Waals surface area (Å²) in [6, 6.07) is 7.92. The lowest BCUT2D eigenvalue weighted by atomic mass is 10.2. The molecule has 2 nitrogen and oxygen atoms in total. The summed E-state index contributed by atoms with van der Waals surface area (Å²) >= 11 is 3.38. The summed E-state index contributed by atoms with van der Waals surface area (Å²) in [7, 11) is 0. The van der Waals surface area contributed by atoms with Crippen molar-refractivity contribution in [1.29, 1.82) is 0 Å². The second-order valence-electron chi connectivity index (χ2n) is 2.88. The van der Waals surface area contributed by atoms with Crippen LogP contribution in [0.1, 0.15) is 5.56 Å². The van der Waals surface area contributed by atoms with E-state index in [1.807, 2.05) is 24.3 Å². The van der Waals surface area contributed by atoms with Crippen molar-refractivity contribution in [3.8, 4) is 18.1 Å². The van der Waals surface area contributed by atoms with Crippen LogP contribution in [0.2, 0.25) is 0 Å². The Hall–Kier alpha value is -0.980. The maximum atomic E-state index is 5.44. The van der Waals surface area contributed by atoms with Crippen LogP contribution in [0.4, 0.5) is 0 Å². The van der Waals surface area contributed by atoms with Gasteiger partial charge in [0.25, 0.3) is 0 Å². The third-order valence-electron chi connectivity index (χ3n) is 1.76. The second-order valence-corrected chi connectivity index (χ2v) is 3.44. The fraction of sp³-hybridized carbons (Fsp3) is 0.333. The average Bonchev–Trinajstić information content (AvgIpc) is 2.30. The Balaban J connectivity index is 2.23. The standard InChI is InChI=1S/C12H13BrO2/c1-2-7-14-8-9-15-12-5-3-11(10-13)4-6-12/h1,3-6H,7-10H2. The van der Waals surface area contributed by atoms with Crippen LogP contribution in [-0.4, -0.2) is 19.8 Å². The highest BCUT2D eigenvalue weighted by molar-refractivity contribution is 9.08. The molecule has 0 radical (unpaired) electrons. The Morgan fingerprint density at radius 2 is 1.93 bits per heavy atom. The first kappa shape index (κ1) is 12.1. The third-order valence-corrected chi connectivity index (χ3v) is 2.41. The molecule has 0 aliphatic carbocycles. The topological polar surface area (TPSA) is 18.5 Å². The Kier molecular flexibility index (Phi) is 5.91. The fourth-order valence-corrected chi connectivity index (χ4v) is 1.40. The molecule has 1 aromatic rings. The molecule has 0 aromatic heterocycles. The lowest BCUT2D eigenvalue weighted by Gasteiger charge is -2.06. The molecule has 0 heterocycles. The van der Waals surface area contributed by atoms with E-state index in [4.69, 9.17) is 15.9 Å². The Morgan fingerprint density at radius 1 is 1.20 bits per heavy atom. The minimum atomic E-state index is 0.339. The van der Waals surface area contributed by atoms with Crippen molar-refractivity contribution in [2.45, 2.75) is 5.33 Å². The van der Waals surface area contributed by atoms with Crippen LogP contribution in [0.15, 0.2) is 24.3 Å². The molecule has 0 saturated carbocycles. The summed E-state index contributed by atoms with van der Waals surface area (Å²) in [6.07, 6.45) is 5.03. The van der Waals surface area contributed by atoms with Gasteiger partial charge in [-0.25, -0.2) is 0 Å². The number of alkyl halides is 1. The molecular formula is C12H13BrO2. The summed E-state index contributed by atoms with van der Waals surface area (Å²) in [5, 5.41) is 0.860. The summed E-state index contributed by atoms with van der Waals surface area (Å²) < 4.78 is 10.5. The first-order valence-corrected chi connectivity index (χ1v) is 5.78. The smallest absolute Gasteiger partial charge is 0.119 e. The van der Waals surface area contributed by atoms with Gasteiger partial charge in [-0.15, -0.1) is 6.42 Å². The summed E-state index contributed by atoms with van der Waals surface area (Å²) in [5.74, 6) is 3.25. The predicted molar refractivity (Wildman–Crippen MR) is 64.2 cm³/mol. The highest BCUT2D eigenvalue weighted by Gasteiger charge is 1.94. The lowest BCUT2D eigenvalue weighted by Crippen LogP contribution is -2.06. The summed E-state index contributed by atoms with van der Waals surface area (Å²) in [6.45, 7) is 1.38. The van der Waals surface area contributed by atoms with Gasteiger partial charge in [0.1, 0.15) is 19.0 Å². The van der Waals surface area contributed by atoms with Crippen molar-refractivity contribution in [3.05, 3.63) is 29.8 Å². The molecule has 0 N–H and O–H groups in total. The van der Waals surface area contributed by atoms with Crippen LogP contribution in [0, 0.1) is 12.3 Å². The van der Waals surface area contributed by atoms with Crippen molar-refractivity contribution in [2.24, 2.45) is 0 Å². The maximum Gasteiger partial charge on any atom is 0.119 e. The molecule has 0 fully saturated rings. The molecule has 3 heteroatoms. The molecule has 1 rings (SSSR count). The van der Waals surface area contributed by atoms with E-state index in [1.54, 1.807) is 0 Å². The minimum absolute atomic E-state index is 0.339. The number of benzene rings is 1. The van der Waals surface area contributed by atoms with Crippen molar-refractivity contribution >= 4 is 15.9 Å². The molecule has 15 heavy (non-hydrogen) atoms. The van der Waals surface area contributed by atoms with E-state index in [-0.39, 0.29) is 0 Å². The SMILES string of the molecule is C#CCOCCOc1ccc(CBr)cc1. The van der Waals surface area contributed by atoms with Crippen LogP contribution in [0.5, 0.6) is 5.75 Å². The molecule has 0 bridgehead atoms. The van der Waals surface area contributed by atoms with E-state index in [1.165, 1.54) is 5.56 Å². The van der Waals surface area contributed by atoms with Gasteiger partial charge in [-0.2, -0.15) is 0 Å². The normalized spacial score (nSPS) is 9.60. The van der Waals surface area contributed by atoms with Crippen LogP contribution >= 0.6 is 15.9 Å². The Bertz CT molecular complexity index is 313. The predicted octanol–water partition coefficient (Wildman–Crippen LogP) is 2.61. The van der Waals surface area contributed by atoms with E-state index < -0.39 is 0 Å². The molecule has 0 saturated heterocycles. The number of ether oxygens (including phenoxy) is 2. The second kappa shape index (κ2) is 7.33. The van der Waals surface area contributed by atoms with Crippen molar-refractivity contribution in [3.63, 3.8) is 0 Å². The average molecular weight is 269 g/mol. The molecule has 0 aliphatic rings. The zero-order chi connectivity index (χ0) is 10.9. The zero-order valence-electron chi connectivity index (χ0n) is 8.41. The fourth-order valence-electron chi connectivity index (χ4n) is 1.02. The summed E-state index contributed by atoms with van der Waals surface area (Å²) in [4.78, 5) is 0. The van der Waals surface area contributed by atoms with Crippen molar-refractivity contribution in [1.82, 2.24) is 0 Å². The van der Waals surface area contributed by atoms with Crippen molar-refractivity contribution < 1.29 is 9.47 Å². The number of halogens is 1. The minimum Gasteiger partial charge on any atom is -0.491 e. The first-order chi connectivity index (χ1) is 7.36. The van der Waals surface area contributed by atoms with Gasteiger partial charge in [0.05, 0.1) is 6.61 Å². The highest BCUT2D eigenvalue weighted by atomic mass is 79.9. The molecular weight excluding hydrogens is 256 g/mol. The van der Waals surface area contributed by atoms with Crippen LogP contribution in [0.3, 0.4) is 0 Å². The van der Waals surface area contributed by atoms with Gasteiger partial charge in [0.15, 0.2) is 0 Å². The number of hydrogen-bond acceptors (Lipinski definition) is 2. The largest absolute Gasteiger partial charge is 0.491 e. The first-order valence-electron chi connectivity index (χ1n) is 4.65. The number of terminal acetylenes is 1. The summed E-state index contributed by atoms with van der Waals surface area (Å²) in [5.41, 5.74) is 1.23. The van der Waals surface area contributed by atoms with E-state index in [2.05, 4.69) is 21.9 Å². The number of hydrogen-bond donors (Lipinski definition) is 0. The Labute approximate surface area is 98.7 Å². The molecule has 0 amide bonds. The molecule has 0 aliphatic heterocycles. The van der Waals surface area contributed by atoms with Gasteiger partial charge < -0.3 is 9.47 Å². The number of rotatable bonds is 6. The van der Waals surface area contributed by atoms with E-state index in [0.717, 1.165) is 11.1 Å². The molecule has 0 spiro atoms. The highest BCUT2D eigenvalue weighted by Crippen LogP contribution is 2.13. The van der Waals surface area contributed by atoms with Gasteiger partial charge in [-0.3, -0.25) is 0 Å². The van der Waals surface area contributed by atoms with Gasteiger partial charge in [0, 0.05) is 5.33 Å². The van der Waals surface area contributed by atoms with Gasteiger partial charge in [0.2, 0.25) is 0 Å².